The standard InChI is InChI=1S/C32H39F4N7O3/c1-4-17-12-43-22(11-38-17)16(3)46-31-25-29(27(36)28(39-31)24-20(10-23(33)34)15(2)9-21(37)26(24)35)40-32(41-30(25)43)45-14-19-6-5-18-13-44-8-7-42(18)19/h9,16-19,22-23,38H,4-8,10-14,37H2,1-3H3/t16-,17+,18-,19-,22-/m0/s1. The number of alkyl halides is 2. The molecule has 248 valence electrons. The number of benzene rings is 1. The van der Waals surface area contributed by atoms with Crippen molar-refractivity contribution in [1.29, 1.82) is 0 Å². The van der Waals surface area contributed by atoms with Gasteiger partial charge in [0.2, 0.25) is 12.3 Å². The van der Waals surface area contributed by atoms with Crippen LogP contribution in [0, 0.1) is 18.6 Å². The molecule has 3 fully saturated rings. The van der Waals surface area contributed by atoms with Crippen LogP contribution in [0.1, 0.15) is 44.2 Å². The number of rotatable bonds is 7. The maximum absolute atomic E-state index is 16.9. The minimum absolute atomic E-state index is 0.00248. The number of nitrogen functional groups attached to an aromatic ring is 1. The summed E-state index contributed by atoms with van der Waals surface area (Å²) in [6.45, 7) is 9.09. The third-order valence-corrected chi connectivity index (χ3v) is 9.95. The average Bonchev–Trinajstić information content (AvgIpc) is 3.41. The van der Waals surface area contributed by atoms with E-state index in [9.17, 15) is 8.78 Å². The molecule has 0 amide bonds. The van der Waals surface area contributed by atoms with Gasteiger partial charge >= 0.3 is 6.01 Å². The van der Waals surface area contributed by atoms with Gasteiger partial charge in [0.25, 0.3) is 0 Å². The molecule has 1 aromatic carbocycles. The van der Waals surface area contributed by atoms with Gasteiger partial charge in [-0.25, -0.2) is 22.5 Å². The summed E-state index contributed by atoms with van der Waals surface area (Å²) >= 11 is 0. The highest BCUT2D eigenvalue weighted by molar-refractivity contribution is 5.97. The number of nitrogens with two attached hydrogens (primary N) is 1. The Labute approximate surface area is 264 Å². The van der Waals surface area contributed by atoms with Crippen LogP contribution < -0.4 is 25.4 Å². The van der Waals surface area contributed by atoms with Gasteiger partial charge in [-0.2, -0.15) is 9.97 Å². The van der Waals surface area contributed by atoms with E-state index < -0.39 is 41.8 Å². The molecule has 3 aromatic rings. The number of aryl methyl sites for hydroxylation is 1. The van der Waals surface area contributed by atoms with Crippen molar-refractivity contribution in [2.75, 3.05) is 50.1 Å². The number of nitrogens with zero attached hydrogens (tertiary/aromatic N) is 5. The van der Waals surface area contributed by atoms with Crippen LogP contribution in [0.2, 0.25) is 0 Å². The van der Waals surface area contributed by atoms with Crippen LogP contribution in [0.15, 0.2) is 6.07 Å². The molecule has 7 rings (SSSR count). The lowest BCUT2D eigenvalue weighted by Gasteiger charge is -2.42. The Kier molecular flexibility index (Phi) is 8.30. The van der Waals surface area contributed by atoms with Crippen molar-refractivity contribution in [3.05, 3.63) is 28.8 Å². The van der Waals surface area contributed by atoms with E-state index >= 15 is 8.78 Å². The Morgan fingerprint density at radius 2 is 2.00 bits per heavy atom. The average molecular weight is 646 g/mol. The summed E-state index contributed by atoms with van der Waals surface area (Å²) in [5.41, 5.74) is 4.75. The summed E-state index contributed by atoms with van der Waals surface area (Å²) in [4.78, 5) is 18.3. The molecule has 2 aromatic heterocycles. The first-order valence-corrected chi connectivity index (χ1v) is 16.0. The van der Waals surface area contributed by atoms with Crippen molar-refractivity contribution < 1.29 is 31.8 Å². The molecule has 4 aliphatic heterocycles. The molecule has 10 nitrogen and oxygen atoms in total. The Hall–Kier alpha value is -3.49. The first-order valence-electron chi connectivity index (χ1n) is 16.0. The lowest BCUT2D eigenvalue weighted by Crippen LogP contribution is -2.60. The molecule has 46 heavy (non-hydrogen) atoms. The normalized spacial score (nSPS) is 26.2. The lowest BCUT2D eigenvalue weighted by atomic mass is 9.94. The van der Waals surface area contributed by atoms with E-state index in [1.54, 1.807) is 0 Å². The summed E-state index contributed by atoms with van der Waals surface area (Å²) < 4.78 is 78.3. The fourth-order valence-corrected chi connectivity index (χ4v) is 7.47. The molecule has 6 heterocycles. The first-order chi connectivity index (χ1) is 22.1. The van der Waals surface area contributed by atoms with Gasteiger partial charge in [-0.1, -0.05) is 6.92 Å². The van der Waals surface area contributed by atoms with Gasteiger partial charge in [0.15, 0.2) is 11.6 Å². The SMILES string of the molecule is CC[C@@H]1CN2c3nc(OC[C@@H]4CC[C@H]5COCCN54)nc4c(F)c(-c5c(F)c(N)cc(C)c5CC(F)F)nc(c34)O[C@@H](C)[C@@H]2CN1. The number of hydrogen-bond donors (Lipinski definition) is 2. The lowest BCUT2D eigenvalue weighted by molar-refractivity contribution is -0.0101. The Morgan fingerprint density at radius 1 is 1.17 bits per heavy atom. The maximum atomic E-state index is 16.9. The fraction of sp³-hybridized carbons (Fsp3) is 0.594. The molecule has 0 radical (unpaired) electrons. The zero-order valence-corrected chi connectivity index (χ0v) is 26.2. The van der Waals surface area contributed by atoms with Crippen molar-refractivity contribution >= 4 is 22.4 Å². The third-order valence-electron chi connectivity index (χ3n) is 9.95. The summed E-state index contributed by atoms with van der Waals surface area (Å²) in [5, 5.41) is 3.77. The Balaban J connectivity index is 1.40. The van der Waals surface area contributed by atoms with E-state index in [2.05, 4.69) is 32.0 Å². The van der Waals surface area contributed by atoms with Crippen LogP contribution in [0.5, 0.6) is 11.9 Å². The van der Waals surface area contributed by atoms with Crippen LogP contribution in [0.3, 0.4) is 0 Å². The van der Waals surface area contributed by atoms with Crippen molar-refractivity contribution in [2.45, 2.75) is 83.2 Å². The van der Waals surface area contributed by atoms with Gasteiger partial charge in [-0.3, -0.25) is 4.90 Å². The van der Waals surface area contributed by atoms with E-state index in [4.69, 9.17) is 24.9 Å². The summed E-state index contributed by atoms with van der Waals surface area (Å²) in [7, 11) is 0. The minimum Gasteiger partial charge on any atom is -0.472 e. The van der Waals surface area contributed by atoms with Crippen LogP contribution in [-0.2, 0) is 11.2 Å². The van der Waals surface area contributed by atoms with E-state index in [0.717, 1.165) is 25.8 Å². The number of aromatic nitrogens is 3. The number of ether oxygens (including phenoxy) is 3. The molecule has 0 unspecified atom stereocenters. The van der Waals surface area contributed by atoms with Gasteiger partial charge in [0.1, 0.15) is 35.1 Å². The van der Waals surface area contributed by atoms with E-state index in [1.165, 1.54) is 13.0 Å². The second kappa shape index (κ2) is 12.3. The zero-order chi connectivity index (χ0) is 32.3. The fourth-order valence-electron chi connectivity index (χ4n) is 7.47. The van der Waals surface area contributed by atoms with Gasteiger partial charge < -0.3 is 30.2 Å². The highest BCUT2D eigenvalue weighted by Crippen LogP contribution is 2.44. The molecule has 0 saturated carbocycles. The molecule has 14 heteroatoms. The predicted octanol–water partition coefficient (Wildman–Crippen LogP) is 4.25. The second-order valence-corrected chi connectivity index (χ2v) is 12.7. The van der Waals surface area contributed by atoms with Crippen LogP contribution in [0.4, 0.5) is 29.1 Å². The number of morpholine rings is 1. The highest BCUT2D eigenvalue weighted by Gasteiger charge is 2.40. The number of hydrogen-bond acceptors (Lipinski definition) is 10. The second-order valence-electron chi connectivity index (χ2n) is 12.7. The summed E-state index contributed by atoms with van der Waals surface area (Å²) in [6, 6.07) is 1.66. The first kappa shape index (κ1) is 31.1. The maximum Gasteiger partial charge on any atom is 0.319 e. The van der Waals surface area contributed by atoms with E-state index in [-0.39, 0.29) is 52.2 Å². The molecule has 5 atom stereocenters. The molecule has 0 aliphatic carbocycles. The van der Waals surface area contributed by atoms with Crippen molar-refractivity contribution in [1.82, 2.24) is 25.2 Å². The summed E-state index contributed by atoms with van der Waals surface area (Å²) in [5.74, 6) is -1.61. The molecule has 0 bridgehead atoms. The minimum atomic E-state index is -2.81. The number of halogens is 4. The number of fused-ring (bicyclic) bond motifs is 3. The topological polar surface area (TPSA) is 111 Å². The Morgan fingerprint density at radius 3 is 2.78 bits per heavy atom. The van der Waals surface area contributed by atoms with Crippen molar-refractivity contribution in [3.63, 3.8) is 0 Å². The quantitative estimate of drug-likeness (QED) is 0.286. The molecular formula is C32H39F4N7O3. The van der Waals surface area contributed by atoms with Gasteiger partial charge in [0, 0.05) is 49.7 Å². The van der Waals surface area contributed by atoms with E-state index in [0.29, 0.717) is 50.3 Å². The van der Waals surface area contributed by atoms with Crippen molar-refractivity contribution in [3.8, 4) is 23.1 Å². The molecule has 0 spiro atoms. The largest absolute Gasteiger partial charge is 0.472 e. The Bertz CT molecular complexity index is 1650. The van der Waals surface area contributed by atoms with Crippen LogP contribution >= 0.6 is 0 Å². The number of nitrogens with one attached hydrogen (secondary N) is 1. The smallest absolute Gasteiger partial charge is 0.319 e. The van der Waals surface area contributed by atoms with Crippen LogP contribution in [-0.4, -0.2) is 96.0 Å². The molecule has 3 saturated heterocycles. The van der Waals surface area contributed by atoms with Gasteiger partial charge in [-0.15, -0.1) is 0 Å². The zero-order valence-electron chi connectivity index (χ0n) is 26.2. The number of piperazine rings is 1. The van der Waals surface area contributed by atoms with Crippen LogP contribution in [0.25, 0.3) is 22.2 Å². The van der Waals surface area contributed by atoms with Gasteiger partial charge in [0.05, 0.1) is 24.9 Å². The molecular weight excluding hydrogens is 606 g/mol. The molecule has 3 N–H and O–H groups in total. The van der Waals surface area contributed by atoms with Gasteiger partial charge in [-0.05, 0) is 50.3 Å². The summed E-state index contributed by atoms with van der Waals surface area (Å²) in [6.07, 6.45) is -1.29. The highest BCUT2D eigenvalue weighted by atomic mass is 19.3. The third kappa shape index (κ3) is 5.37. The number of anilines is 2. The van der Waals surface area contributed by atoms with Crippen molar-refractivity contribution in [2.24, 2.45) is 0 Å². The monoisotopic (exact) mass is 645 g/mol. The van der Waals surface area contributed by atoms with E-state index in [1.807, 2.05) is 6.92 Å². The predicted molar refractivity (Wildman–Crippen MR) is 165 cm³/mol. The molecule has 4 aliphatic rings. The number of pyridine rings is 1.